The van der Waals surface area contributed by atoms with Gasteiger partial charge in [-0.15, -0.1) is 0 Å². The van der Waals surface area contributed by atoms with Crippen LogP contribution in [0.15, 0.2) is 55.0 Å². The van der Waals surface area contributed by atoms with Gasteiger partial charge in [-0.05, 0) is 32.9 Å². The van der Waals surface area contributed by atoms with Crippen LogP contribution in [0.1, 0.15) is 47.4 Å². The Morgan fingerprint density at radius 1 is 1.00 bits per heavy atom. The molecule has 1 atom stereocenters. The molecule has 0 aliphatic heterocycles. The number of benzene rings is 1. The predicted molar refractivity (Wildman–Crippen MR) is 125 cm³/mol. The zero-order valence-corrected chi connectivity index (χ0v) is 20.1. The quantitative estimate of drug-likeness (QED) is 0.425. The Morgan fingerprint density at radius 3 is 2.20 bits per heavy atom. The molecule has 0 spiro atoms. The summed E-state index contributed by atoms with van der Waals surface area (Å²) in [7, 11) is 0. The van der Waals surface area contributed by atoms with Crippen LogP contribution in [0.3, 0.4) is 0 Å². The van der Waals surface area contributed by atoms with Gasteiger partial charge in [-0.1, -0.05) is 45.0 Å². The van der Waals surface area contributed by atoms with E-state index in [9.17, 15) is 0 Å². The summed E-state index contributed by atoms with van der Waals surface area (Å²) in [5, 5.41) is 1.20. The summed E-state index contributed by atoms with van der Waals surface area (Å²) in [6, 6.07) is 12.1. The lowest BCUT2D eigenvalue weighted by atomic mass is 9.96. The number of fused-ring (bicyclic) bond motifs is 1. The van der Waals surface area contributed by atoms with Gasteiger partial charge in [-0.3, -0.25) is 14.0 Å². The van der Waals surface area contributed by atoms with Crippen molar-refractivity contribution in [2.75, 3.05) is 6.61 Å². The van der Waals surface area contributed by atoms with Gasteiger partial charge < -0.3 is 4.52 Å². The van der Waals surface area contributed by atoms with Crippen LogP contribution in [0.2, 0.25) is 0 Å². The van der Waals surface area contributed by atoms with E-state index in [1.165, 1.54) is 5.39 Å². The standard InChI is InChI=1S/C13H23N2O3PS.C9H7N/c1-7-16-19(20,17-10(2)3)18-11-8-14-12(15-9-11)13(4,5)6;1-2-6-9-8(4-1)5-3-7-10-9/h8-10H,7H2,1-6H3;1-7H. The summed E-state index contributed by atoms with van der Waals surface area (Å²) in [6.07, 6.45) is 4.96. The highest BCUT2D eigenvalue weighted by molar-refractivity contribution is 8.07. The van der Waals surface area contributed by atoms with Crippen LogP contribution in [0.25, 0.3) is 10.9 Å². The largest absolute Gasteiger partial charge is 0.421 e. The Labute approximate surface area is 184 Å². The predicted octanol–water partition coefficient (Wildman–Crippen LogP) is 6.07. The zero-order valence-electron chi connectivity index (χ0n) is 18.4. The molecule has 0 saturated heterocycles. The molecule has 0 fully saturated rings. The fourth-order valence-corrected chi connectivity index (χ4v) is 4.82. The maximum Gasteiger partial charge on any atom is 0.380 e. The average molecular weight is 448 g/mol. The molecular weight excluding hydrogens is 417 g/mol. The molecule has 2 aromatic heterocycles. The highest BCUT2D eigenvalue weighted by Gasteiger charge is 2.24. The van der Waals surface area contributed by atoms with Gasteiger partial charge in [0.05, 0.1) is 30.6 Å². The fourth-order valence-electron chi connectivity index (χ4n) is 2.39. The molecule has 0 radical (unpaired) electrons. The molecule has 0 amide bonds. The van der Waals surface area contributed by atoms with Gasteiger partial charge in [0, 0.05) is 28.8 Å². The van der Waals surface area contributed by atoms with E-state index in [4.69, 9.17) is 25.4 Å². The van der Waals surface area contributed by atoms with Crippen molar-refractivity contribution < 1.29 is 13.6 Å². The first kappa shape index (κ1) is 24.4. The number of hydrogen-bond donors (Lipinski definition) is 0. The Kier molecular flexibility index (Phi) is 8.86. The van der Waals surface area contributed by atoms with Gasteiger partial charge >= 0.3 is 6.72 Å². The minimum Gasteiger partial charge on any atom is -0.421 e. The maximum atomic E-state index is 5.68. The molecule has 1 unspecified atom stereocenters. The van der Waals surface area contributed by atoms with Gasteiger partial charge in [0.25, 0.3) is 0 Å². The number of rotatable bonds is 6. The molecule has 0 N–H and O–H groups in total. The lowest BCUT2D eigenvalue weighted by Gasteiger charge is -2.23. The van der Waals surface area contributed by atoms with Crippen LogP contribution >= 0.6 is 6.72 Å². The number of nitrogens with zero attached hydrogens (tertiary/aromatic N) is 3. The van der Waals surface area contributed by atoms with Gasteiger partial charge in [0.2, 0.25) is 0 Å². The van der Waals surface area contributed by atoms with E-state index < -0.39 is 6.72 Å². The monoisotopic (exact) mass is 447 g/mol. The third kappa shape index (κ3) is 7.73. The number of para-hydroxylation sites is 1. The summed E-state index contributed by atoms with van der Waals surface area (Å²) in [4.78, 5) is 12.8. The third-order valence-corrected chi connectivity index (χ3v) is 6.14. The fraction of sp³-hybridized carbons (Fsp3) is 0.409. The molecule has 1 aromatic carbocycles. The van der Waals surface area contributed by atoms with E-state index in [0.717, 1.165) is 11.3 Å². The number of aromatic nitrogens is 3. The minimum absolute atomic E-state index is 0.0675. The normalized spacial score (nSPS) is 13.4. The Balaban J connectivity index is 0.000000263. The Hall–Kier alpha value is -1.92. The van der Waals surface area contributed by atoms with Crippen molar-refractivity contribution in [1.29, 1.82) is 0 Å². The van der Waals surface area contributed by atoms with Crippen LogP contribution in [-0.2, 0) is 26.3 Å². The van der Waals surface area contributed by atoms with Gasteiger partial charge in [-0.25, -0.2) is 9.97 Å². The van der Waals surface area contributed by atoms with E-state index >= 15 is 0 Å². The van der Waals surface area contributed by atoms with E-state index in [0.29, 0.717) is 12.4 Å². The lowest BCUT2D eigenvalue weighted by molar-refractivity contribution is 0.171. The molecule has 8 heteroatoms. The molecule has 0 saturated carbocycles. The van der Waals surface area contributed by atoms with Gasteiger partial charge in [0.1, 0.15) is 5.82 Å². The smallest absolute Gasteiger partial charge is 0.380 e. The van der Waals surface area contributed by atoms with Crippen molar-refractivity contribution in [2.45, 2.75) is 53.1 Å². The summed E-state index contributed by atoms with van der Waals surface area (Å²) < 4.78 is 16.8. The summed E-state index contributed by atoms with van der Waals surface area (Å²) >= 11 is 5.35. The second kappa shape index (κ2) is 10.9. The molecule has 162 valence electrons. The number of hydrogen-bond acceptors (Lipinski definition) is 7. The lowest BCUT2D eigenvalue weighted by Crippen LogP contribution is -2.15. The first-order valence-electron chi connectivity index (χ1n) is 9.88. The summed E-state index contributed by atoms with van der Waals surface area (Å²) in [5.41, 5.74) is 0.956. The van der Waals surface area contributed by atoms with Gasteiger partial charge in [0.15, 0.2) is 5.75 Å². The number of pyridine rings is 1. The summed E-state index contributed by atoms with van der Waals surface area (Å²) in [6.45, 7) is 9.43. The SMILES string of the molecule is CCOP(=S)(Oc1cnc(C(C)(C)C)nc1)OC(C)C.c1ccc2ncccc2c1. The average Bonchev–Trinajstić information content (AvgIpc) is 2.67. The van der Waals surface area contributed by atoms with Crippen molar-refractivity contribution >= 4 is 29.4 Å². The van der Waals surface area contributed by atoms with Crippen molar-refractivity contribution in [3.63, 3.8) is 0 Å². The molecule has 0 aliphatic carbocycles. The maximum absolute atomic E-state index is 5.68. The van der Waals surface area contributed by atoms with Crippen LogP contribution in [0.5, 0.6) is 5.75 Å². The first-order valence-corrected chi connectivity index (χ1v) is 12.4. The van der Waals surface area contributed by atoms with Crippen LogP contribution in [0, 0.1) is 0 Å². The molecule has 0 bridgehead atoms. The Bertz CT molecular complexity index is 910. The van der Waals surface area contributed by atoms with Crippen LogP contribution < -0.4 is 4.52 Å². The Morgan fingerprint density at radius 2 is 1.63 bits per heavy atom. The van der Waals surface area contributed by atoms with E-state index in [-0.39, 0.29) is 11.5 Å². The third-order valence-electron chi connectivity index (χ3n) is 3.66. The van der Waals surface area contributed by atoms with E-state index in [2.05, 4.69) is 47.9 Å². The van der Waals surface area contributed by atoms with Crippen molar-refractivity contribution in [3.8, 4) is 5.75 Å². The van der Waals surface area contributed by atoms with Crippen LogP contribution in [-0.4, -0.2) is 27.7 Å². The van der Waals surface area contributed by atoms with Gasteiger partial charge in [-0.2, -0.15) is 0 Å². The zero-order chi connectivity index (χ0) is 22.2. The van der Waals surface area contributed by atoms with E-state index in [1.807, 2.05) is 51.2 Å². The van der Waals surface area contributed by atoms with E-state index in [1.54, 1.807) is 12.4 Å². The minimum atomic E-state index is -2.80. The van der Waals surface area contributed by atoms with Crippen molar-refractivity contribution in [1.82, 2.24) is 15.0 Å². The molecule has 3 rings (SSSR count). The highest BCUT2D eigenvalue weighted by Crippen LogP contribution is 2.50. The second-order valence-corrected chi connectivity index (χ2v) is 10.7. The van der Waals surface area contributed by atoms with Crippen LogP contribution in [0.4, 0.5) is 0 Å². The highest BCUT2D eigenvalue weighted by atomic mass is 32.5. The topological polar surface area (TPSA) is 66.4 Å². The molecule has 0 aliphatic rings. The van der Waals surface area contributed by atoms with Crippen molar-refractivity contribution in [2.24, 2.45) is 0 Å². The molecule has 3 aromatic rings. The molecule has 2 heterocycles. The molecule has 6 nitrogen and oxygen atoms in total. The molecule has 30 heavy (non-hydrogen) atoms. The summed E-state index contributed by atoms with van der Waals surface area (Å²) in [5.74, 6) is 1.22. The first-order chi connectivity index (χ1) is 14.1. The van der Waals surface area contributed by atoms with Crippen molar-refractivity contribution in [3.05, 3.63) is 60.8 Å². The molecular formula is C22H30N3O3PS. The second-order valence-electron chi connectivity index (χ2n) is 7.80.